The maximum absolute atomic E-state index is 13.7. The highest BCUT2D eigenvalue weighted by Crippen LogP contribution is 2.46. The van der Waals surface area contributed by atoms with E-state index < -0.39 is 5.82 Å². The molecule has 0 amide bonds. The Morgan fingerprint density at radius 3 is 2.83 bits per heavy atom. The Kier molecular flexibility index (Phi) is 4.37. The van der Waals surface area contributed by atoms with Gasteiger partial charge >= 0.3 is 0 Å². The average Bonchev–Trinajstić information content (AvgIpc) is 3.17. The predicted molar refractivity (Wildman–Crippen MR) is 109 cm³/mol. The number of hydrogen-bond acceptors (Lipinski definition) is 6. The lowest BCUT2D eigenvalue weighted by Crippen LogP contribution is -2.53. The Hall–Kier alpha value is -3.10. The maximum Gasteiger partial charge on any atom is 0.181 e. The fourth-order valence-corrected chi connectivity index (χ4v) is 5.01. The lowest BCUT2D eigenvalue weighted by atomic mass is 9.61. The van der Waals surface area contributed by atoms with Gasteiger partial charge in [0.25, 0.3) is 0 Å². The first-order valence-electron chi connectivity index (χ1n) is 9.95. The summed E-state index contributed by atoms with van der Waals surface area (Å²) in [6, 6.07) is 3.44. The molecular formula is C20H23FN8. The second kappa shape index (κ2) is 7.06. The molecule has 0 aromatic carbocycles. The standard InChI is InChI=1S/C20H23FN8/c1-23-18(22)15-10-2-4-11(5-3-10)16(15)26-14-6-7-24-20(27-14)17-13-8-12(21)9-25-19(13)29-28-17/h6-11,15-16H,2-5H2,1H3,(H2,22,23)(H,24,26,27)(H,25,28,29). The summed E-state index contributed by atoms with van der Waals surface area (Å²) in [6.45, 7) is 0. The Balaban J connectivity index is 1.47. The molecule has 9 heteroatoms. The molecule has 0 saturated heterocycles. The monoisotopic (exact) mass is 394 g/mol. The van der Waals surface area contributed by atoms with E-state index in [0.29, 0.717) is 46.0 Å². The number of nitrogens with one attached hydrogen (secondary N) is 2. The van der Waals surface area contributed by atoms with Crippen LogP contribution in [0.5, 0.6) is 0 Å². The number of nitrogens with two attached hydrogens (primary N) is 1. The second-order valence-corrected chi connectivity index (χ2v) is 7.91. The molecule has 3 saturated carbocycles. The van der Waals surface area contributed by atoms with Crippen molar-refractivity contribution >= 4 is 22.7 Å². The van der Waals surface area contributed by atoms with Gasteiger partial charge in [-0.25, -0.2) is 19.3 Å². The number of anilines is 1. The minimum Gasteiger partial charge on any atom is -0.387 e. The van der Waals surface area contributed by atoms with Gasteiger partial charge in [0.1, 0.15) is 17.3 Å². The van der Waals surface area contributed by atoms with Crippen LogP contribution in [0.25, 0.3) is 22.6 Å². The number of rotatable bonds is 4. The summed E-state index contributed by atoms with van der Waals surface area (Å²) in [6.07, 6.45) is 7.64. The van der Waals surface area contributed by atoms with Gasteiger partial charge in [0.05, 0.1) is 17.4 Å². The molecule has 3 aliphatic rings. The van der Waals surface area contributed by atoms with Crippen molar-refractivity contribution in [3.63, 3.8) is 0 Å². The van der Waals surface area contributed by atoms with Crippen LogP contribution in [0.3, 0.4) is 0 Å². The lowest BCUT2D eigenvalue weighted by molar-refractivity contribution is 0.119. The van der Waals surface area contributed by atoms with Crippen molar-refractivity contribution in [3.8, 4) is 11.5 Å². The summed E-state index contributed by atoms with van der Waals surface area (Å²) in [5.41, 5.74) is 7.26. The van der Waals surface area contributed by atoms with Gasteiger partial charge in [0.2, 0.25) is 0 Å². The SMILES string of the molecule is CN=C(N)C1C2CCC(CC2)C1Nc1ccnc(-c2[nH]nc3ncc(F)cc23)n1. The first-order chi connectivity index (χ1) is 14.1. The van der Waals surface area contributed by atoms with Crippen molar-refractivity contribution in [2.45, 2.75) is 31.7 Å². The first kappa shape index (κ1) is 18.0. The minimum absolute atomic E-state index is 0.201. The molecule has 2 unspecified atom stereocenters. The Labute approximate surface area is 167 Å². The van der Waals surface area contributed by atoms with Crippen molar-refractivity contribution in [1.29, 1.82) is 0 Å². The van der Waals surface area contributed by atoms with Gasteiger partial charge in [0, 0.05) is 25.2 Å². The summed E-state index contributed by atoms with van der Waals surface area (Å²) >= 11 is 0. The number of aromatic amines is 1. The Morgan fingerprint density at radius 2 is 2.03 bits per heavy atom. The van der Waals surface area contributed by atoms with Gasteiger partial charge in [-0.15, -0.1) is 0 Å². The highest BCUT2D eigenvalue weighted by molar-refractivity contribution is 5.88. The molecule has 29 heavy (non-hydrogen) atoms. The number of hydrogen-bond donors (Lipinski definition) is 3. The van der Waals surface area contributed by atoms with E-state index >= 15 is 0 Å². The van der Waals surface area contributed by atoms with E-state index in [2.05, 4.69) is 35.5 Å². The molecule has 8 nitrogen and oxygen atoms in total. The molecule has 0 radical (unpaired) electrons. The van der Waals surface area contributed by atoms with Crippen LogP contribution in [0.2, 0.25) is 0 Å². The van der Waals surface area contributed by atoms with E-state index in [1.165, 1.54) is 31.7 Å². The van der Waals surface area contributed by atoms with E-state index in [-0.39, 0.29) is 12.0 Å². The second-order valence-electron chi connectivity index (χ2n) is 7.91. The van der Waals surface area contributed by atoms with Crippen LogP contribution in [0.1, 0.15) is 25.7 Å². The van der Waals surface area contributed by atoms with Crippen LogP contribution < -0.4 is 11.1 Å². The van der Waals surface area contributed by atoms with E-state index in [0.717, 1.165) is 6.20 Å². The zero-order valence-corrected chi connectivity index (χ0v) is 16.1. The number of aliphatic imine (C=N–C) groups is 1. The molecule has 2 bridgehead atoms. The van der Waals surface area contributed by atoms with Gasteiger partial charge in [-0.2, -0.15) is 5.10 Å². The van der Waals surface area contributed by atoms with Crippen LogP contribution in [0.15, 0.2) is 29.5 Å². The van der Waals surface area contributed by atoms with Gasteiger partial charge in [0.15, 0.2) is 11.5 Å². The predicted octanol–water partition coefficient (Wildman–Crippen LogP) is 2.76. The number of H-pyrrole nitrogens is 1. The van der Waals surface area contributed by atoms with Crippen LogP contribution >= 0.6 is 0 Å². The minimum atomic E-state index is -0.426. The van der Waals surface area contributed by atoms with Gasteiger partial charge in [-0.1, -0.05) is 0 Å². The first-order valence-corrected chi connectivity index (χ1v) is 9.95. The molecule has 0 aliphatic heterocycles. The fraction of sp³-hybridized carbons (Fsp3) is 0.450. The number of pyridine rings is 1. The van der Waals surface area contributed by atoms with Crippen LogP contribution in [0, 0.1) is 23.6 Å². The van der Waals surface area contributed by atoms with Crippen molar-refractivity contribution in [2.24, 2.45) is 28.5 Å². The smallest absolute Gasteiger partial charge is 0.181 e. The molecule has 3 fully saturated rings. The number of aromatic nitrogens is 5. The molecule has 2 atom stereocenters. The van der Waals surface area contributed by atoms with Gasteiger partial charge in [-0.3, -0.25) is 10.1 Å². The van der Waals surface area contributed by atoms with Crippen molar-refractivity contribution in [3.05, 3.63) is 30.3 Å². The third-order valence-corrected chi connectivity index (χ3v) is 6.39. The number of fused-ring (bicyclic) bond motifs is 4. The Morgan fingerprint density at radius 1 is 1.24 bits per heavy atom. The molecule has 3 aliphatic carbocycles. The molecular weight excluding hydrogens is 371 g/mol. The van der Waals surface area contributed by atoms with E-state index in [4.69, 9.17) is 5.73 Å². The topological polar surface area (TPSA) is 118 Å². The van der Waals surface area contributed by atoms with Crippen LogP contribution in [0.4, 0.5) is 10.2 Å². The molecule has 150 valence electrons. The molecule has 3 aromatic heterocycles. The molecule has 0 spiro atoms. The zero-order valence-electron chi connectivity index (χ0n) is 16.1. The molecule has 3 aromatic rings. The average molecular weight is 394 g/mol. The summed E-state index contributed by atoms with van der Waals surface area (Å²) < 4.78 is 13.7. The fourth-order valence-electron chi connectivity index (χ4n) is 5.01. The molecule has 3 heterocycles. The van der Waals surface area contributed by atoms with Crippen molar-refractivity contribution in [2.75, 3.05) is 12.4 Å². The van der Waals surface area contributed by atoms with E-state index in [1.54, 1.807) is 13.2 Å². The highest BCUT2D eigenvalue weighted by atomic mass is 19.1. The number of halogens is 1. The van der Waals surface area contributed by atoms with Crippen LogP contribution in [-0.4, -0.2) is 44.1 Å². The summed E-state index contributed by atoms with van der Waals surface area (Å²) in [4.78, 5) is 17.3. The third kappa shape index (κ3) is 3.10. The third-order valence-electron chi connectivity index (χ3n) is 6.39. The quantitative estimate of drug-likeness (QED) is 0.463. The maximum atomic E-state index is 13.7. The lowest BCUT2D eigenvalue weighted by Gasteiger charge is -2.48. The number of amidine groups is 1. The Bertz CT molecular complexity index is 1070. The number of nitrogens with zero attached hydrogens (tertiary/aromatic N) is 5. The summed E-state index contributed by atoms with van der Waals surface area (Å²) in [7, 11) is 1.76. The highest BCUT2D eigenvalue weighted by Gasteiger charge is 2.45. The van der Waals surface area contributed by atoms with Crippen LogP contribution in [-0.2, 0) is 0 Å². The summed E-state index contributed by atoms with van der Waals surface area (Å²) in [5.74, 6) is 2.78. The van der Waals surface area contributed by atoms with E-state index in [1.807, 2.05) is 6.07 Å². The molecule has 4 N–H and O–H groups in total. The zero-order chi connectivity index (χ0) is 20.0. The van der Waals surface area contributed by atoms with Crippen molar-refractivity contribution in [1.82, 2.24) is 25.1 Å². The largest absolute Gasteiger partial charge is 0.387 e. The van der Waals surface area contributed by atoms with Crippen molar-refractivity contribution < 1.29 is 4.39 Å². The van der Waals surface area contributed by atoms with E-state index in [9.17, 15) is 4.39 Å². The van der Waals surface area contributed by atoms with Gasteiger partial charge < -0.3 is 11.1 Å². The van der Waals surface area contributed by atoms with Gasteiger partial charge in [-0.05, 0) is 49.7 Å². The normalized spacial score (nSPS) is 26.8. The molecule has 6 rings (SSSR count). The summed E-state index contributed by atoms with van der Waals surface area (Å²) in [5, 5.41) is 11.2.